The minimum atomic E-state index is -1.60. The molecule has 0 saturated heterocycles. The Balaban J connectivity index is 0. The van der Waals surface area contributed by atoms with Crippen molar-refractivity contribution in [2.24, 2.45) is 0 Å². The summed E-state index contributed by atoms with van der Waals surface area (Å²) in [5.74, 6) is 0. The Kier molecular flexibility index (Phi) is 20.9. The lowest BCUT2D eigenvalue weighted by molar-refractivity contribution is 0.181. The number of hydrogen-bond donors (Lipinski definition) is 4. The van der Waals surface area contributed by atoms with Crippen molar-refractivity contribution < 1.29 is 29.4 Å². The molecule has 6 nitrogen and oxygen atoms in total. The van der Waals surface area contributed by atoms with Gasteiger partial charge in [0.25, 0.3) is 0 Å². The van der Waals surface area contributed by atoms with Crippen molar-refractivity contribution in [1.82, 2.24) is 0 Å². The lowest BCUT2D eigenvalue weighted by atomic mass is 10.2. The van der Waals surface area contributed by atoms with Gasteiger partial charge in [-0.15, -0.1) is 0 Å². The largest absolute Gasteiger partial charge is 0.633 e. The topological polar surface area (TPSA) is 99.4 Å². The molecule has 0 aromatic heterocycles. The molecule has 8 heteroatoms. The summed E-state index contributed by atoms with van der Waals surface area (Å²) in [5.41, 5.74) is 0. The molecule has 0 radical (unpaired) electrons. The van der Waals surface area contributed by atoms with E-state index in [0.717, 1.165) is 25.7 Å². The van der Waals surface area contributed by atoms with E-state index in [1.165, 1.54) is 25.7 Å². The standard InChI is InChI=1S/2C6H15BO3/c2*1-2-3-4-5-6-10-7(8)9/h2*8-9H,2-6H2,1H3. The van der Waals surface area contributed by atoms with Crippen LogP contribution < -0.4 is 0 Å². The van der Waals surface area contributed by atoms with Gasteiger partial charge in [-0.05, 0) is 12.8 Å². The monoisotopic (exact) mass is 292 g/mol. The molecule has 0 atom stereocenters. The molecule has 0 amide bonds. The normalized spacial score (nSPS) is 9.90. The molecule has 0 aliphatic carbocycles. The van der Waals surface area contributed by atoms with Crippen LogP contribution in [0.25, 0.3) is 0 Å². The summed E-state index contributed by atoms with van der Waals surface area (Å²) in [6.07, 6.45) is 8.75. The molecule has 120 valence electrons. The molecule has 4 N–H and O–H groups in total. The molecule has 0 saturated carbocycles. The second kappa shape index (κ2) is 18.9. The summed E-state index contributed by atoms with van der Waals surface area (Å²) in [6, 6.07) is 0. The van der Waals surface area contributed by atoms with Gasteiger partial charge in [0.15, 0.2) is 0 Å². The molecular formula is C12H30B2O6. The van der Waals surface area contributed by atoms with Crippen LogP contribution in [0.4, 0.5) is 0 Å². The lowest BCUT2D eigenvalue weighted by Gasteiger charge is -2.00. The van der Waals surface area contributed by atoms with Gasteiger partial charge >= 0.3 is 14.6 Å². The average molecular weight is 292 g/mol. The highest BCUT2D eigenvalue weighted by atomic mass is 16.6. The second-order valence-corrected chi connectivity index (χ2v) is 4.52. The second-order valence-electron chi connectivity index (χ2n) is 4.52. The fraction of sp³-hybridized carbons (Fsp3) is 1.00. The number of hydrogen-bond acceptors (Lipinski definition) is 6. The van der Waals surface area contributed by atoms with Crippen LogP contribution in [0.2, 0.25) is 0 Å². The maximum atomic E-state index is 8.24. The Morgan fingerprint density at radius 2 is 0.950 bits per heavy atom. The first-order chi connectivity index (χ1) is 9.54. The summed E-state index contributed by atoms with van der Waals surface area (Å²) in [5, 5.41) is 33.0. The van der Waals surface area contributed by atoms with Crippen LogP contribution in [0.5, 0.6) is 0 Å². The van der Waals surface area contributed by atoms with Crippen LogP contribution in [-0.2, 0) is 9.31 Å². The van der Waals surface area contributed by atoms with E-state index in [1.54, 1.807) is 0 Å². The van der Waals surface area contributed by atoms with Crippen molar-refractivity contribution in [3.05, 3.63) is 0 Å². The molecule has 0 aliphatic rings. The molecule has 0 aromatic carbocycles. The third kappa shape index (κ3) is 26.5. The van der Waals surface area contributed by atoms with Crippen molar-refractivity contribution in [3.63, 3.8) is 0 Å². The molecule has 0 fully saturated rings. The smallest absolute Gasteiger partial charge is 0.402 e. The summed E-state index contributed by atoms with van der Waals surface area (Å²) in [4.78, 5) is 0. The van der Waals surface area contributed by atoms with Gasteiger partial charge in [-0.2, -0.15) is 0 Å². The molecule has 0 bridgehead atoms. The van der Waals surface area contributed by atoms with Crippen molar-refractivity contribution in [2.75, 3.05) is 13.2 Å². The Hall–Kier alpha value is -0.110. The van der Waals surface area contributed by atoms with E-state index >= 15 is 0 Å². The van der Waals surface area contributed by atoms with Gasteiger partial charge in [0.1, 0.15) is 0 Å². The molecule has 0 aromatic rings. The molecule has 0 heterocycles. The van der Waals surface area contributed by atoms with Crippen molar-refractivity contribution in [1.29, 1.82) is 0 Å². The minimum Gasteiger partial charge on any atom is -0.402 e. The van der Waals surface area contributed by atoms with Gasteiger partial charge in [-0.25, -0.2) is 0 Å². The quantitative estimate of drug-likeness (QED) is 0.317. The predicted molar refractivity (Wildman–Crippen MR) is 80.6 cm³/mol. The first-order valence-electron chi connectivity index (χ1n) is 7.50. The van der Waals surface area contributed by atoms with E-state index in [9.17, 15) is 0 Å². The molecule has 0 unspecified atom stereocenters. The van der Waals surface area contributed by atoms with Gasteiger partial charge in [0.2, 0.25) is 0 Å². The minimum absolute atomic E-state index is 0.442. The first kappa shape index (κ1) is 22.2. The van der Waals surface area contributed by atoms with E-state index in [2.05, 4.69) is 23.2 Å². The summed E-state index contributed by atoms with van der Waals surface area (Å²) >= 11 is 0. The number of unbranched alkanes of at least 4 members (excludes halogenated alkanes) is 6. The van der Waals surface area contributed by atoms with Gasteiger partial charge in [0.05, 0.1) is 0 Å². The van der Waals surface area contributed by atoms with E-state index < -0.39 is 14.6 Å². The van der Waals surface area contributed by atoms with Crippen molar-refractivity contribution in [3.8, 4) is 0 Å². The van der Waals surface area contributed by atoms with Crippen LogP contribution in [0.3, 0.4) is 0 Å². The van der Waals surface area contributed by atoms with Gasteiger partial charge in [0, 0.05) is 13.2 Å². The summed E-state index contributed by atoms with van der Waals surface area (Å²) in [7, 11) is -3.19. The fourth-order valence-corrected chi connectivity index (χ4v) is 1.44. The number of rotatable bonds is 12. The summed E-state index contributed by atoms with van der Waals surface area (Å²) < 4.78 is 9.00. The summed E-state index contributed by atoms with van der Waals surface area (Å²) in [6.45, 7) is 5.14. The highest BCUT2D eigenvalue weighted by Crippen LogP contribution is 1.99. The molecule has 0 aliphatic heterocycles. The van der Waals surface area contributed by atoms with Gasteiger partial charge in [-0.1, -0.05) is 52.4 Å². The van der Waals surface area contributed by atoms with Crippen LogP contribution in [0, 0.1) is 0 Å². The van der Waals surface area contributed by atoms with Gasteiger partial charge < -0.3 is 29.4 Å². The maximum absolute atomic E-state index is 8.24. The Bertz CT molecular complexity index is 154. The first-order valence-corrected chi connectivity index (χ1v) is 7.50. The highest BCUT2D eigenvalue weighted by molar-refractivity contribution is 6.32. The highest BCUT2D eigenvalue weighted by Gasteiger charge is 2.06. The molecular weight excluding hydrogens is 262 g/mol. The Morgan fingerprint density at radius 3 is 1.20 bits per heavy atom. The third-order valence-electron chi connectivity index (χ3n) is 2.53. The van der Waals surface area contributed by atoms with Gasteiger partial charge in [-0.3, -0.25) is 0 Å². The lowest BCUT2D eigenvalue weighted by Crippen LogP contribution is -2.17. The molecule has 0 rings (SSSR count). The van der Waals surface area contributed by atoms with E-state index in [-0.39, 0.29) is 0 Å². The third-order valence-corrected chi connectivity index (χ3v) is 2.53. The average Bonchev–Trinajstić information content (AvgIpc) is 2.38. The zero-order valence-electron chi connectivity index (χ0n) is 12.8. The van der Waals surface area contributed by atoms with Crippen LogP contribution in [-0.4, -0.2) is 48.0 Å². The SMILES string of the molecule is CCCCCCOB(O)O.CCCCCCOB(O)O. The van der Waals surface area contributed by atoms with Crippen LogP contribution in [0.15, 0.2) is 0 Å². The van der Waals surface area contributed by atoms with Crippen LogP contribution >= 0.6 is 0 Å². The molecule has 0 spiro atoms. The van der Waals surface area contributed by atoms with E-state index in [0.29, 0.717) is 13.2 Å². The Labute approximate surface area is 123 Å². The van der Waals surface area contributed by atoms with E-state index in [4.69, 9.17) is 20.1 Å². The van der Waals surface area contributed by atoms with Crippen molar-refractivity contribution >= 4 is 14.6 Å². The van der Waals surface area contributed by atoms with Crippen LogP contribution in [0.1, 0.15) is 65.2 Å². The van der Waals surface area contributed by atoms with Crippen molar-refractivity contribution in [2.45, 2.75) is 65.2 Å². The zero-order chi connectivity index (χ0) is 15.6. The zero-order valence-corrected chi connectivity index (χ0v) is 12.8. The molecule has 20 heavy (non-hydrogen) atoms. The Morgan fingerprint density at radius 1 is 0.600 bits per heavy atom. The van der Waals surface area contributed by atoms with E-state index in [1.807, 2.05) is 0 Å². The predicted octanol–water partition coefficient (Wildman–Crippen LogP) is 1.11. The maximum Gasteiger partial charge on any atom is 0.633 e. The fourth-order valence-electron chi connectivity index (χ4n) is 1.44.